The Hall–Kier alpha value is -2.06. The predicted octanol–water partition coefficient (Wildman–Crippen LogP) is 2.26. The van der Waals surface area contributed by atoms with E-state index in [-0.39, 0.29) is 18.3 Å². The van der Waals surface area contributed by atoms with Crippen LogP contribution >= 0.6 is 12.4 Å². The molecule has 0 atom stereocenters. The van der Waals surface area contributed by atoms with E-state index in [1.807, 2.05) is 0 Å². The van der Waals surface area contributed by atoms with Crippen molar-refractivity contribution >= 4 is 18.3 Å². The third-order valence-corrected chi connectivity index (χ3v) is 3.67. The van der Waals surface area contributed by atoms with Gasteiger partial charge in [-0.25, -0.2) is 4.68 Å². The number of nitrogens with one attached hydrogen (secondary N) is 2. The first-order valence-electron chi connectivity index (χ1n) is 7.16. The van der Waals surface area contributed by atoms with Crippen LogP contribution in [0.4, 0.5) is 13.2 Å². The fraction of sp³-hybridized carbons (Fsp3) is 0.333. The summed E-state index contributed by atoms with van der Waals surface area (Å²) in [5.74, 6) is 0.185. The van der Waals surface area contributed by atoms with Gasteiger partial charge >= 0.3 is 6.18 Å². The highest BCUT2D eigenvalue weighted by Crippen LogP contribution is 2.27. The summed E-state index contributed by atoms with van der Waals surface area (Å²) in [5, 5.41) is 9.44. The Morgan fingerprint density at radius 3 is 2.67 bits per heavy atom. The van der Waals surface area contributed by atoms with Crippen LogP contribution in [0.1, 0.15) is 16.1 Å². The molecule has 9 heteroatoms. The molecule has 1 amide bonds. The monoisotopic (exact) mass is 360 g/mol. The summed E-state index contributed by atoms with van der Waals surface area (Å²) < 4.78 is 38.9. The van der Waals surface area contributed by atoms with Gasteiger partial charge in [0.2, 0.25) is 0 Å². The van der Waals surface area contributed by atoms with Gasteiger partial charge in [0.25, 0.3) is 5.91 Å². The lowest BCUT2D eigenvalue weighted by Crippen LogP contribution is -2.48. The summed E-state index contributed by atoms with van der Waals surface area (Å²) in [6.45, 7) is 2.34. The Morgan fingerprint density at radius 1 is 1.33 bits per heavy atom. The minimum atomic E-state index is -4.49. The molecule has 0 radical (unpaired) electrons. The van der Waals surface area contributed by atoms with Crippen molar-refractivity contribution in [2.75, 3.05) is 19.6 Å². The molecule has 0 bridgehead atoms. The largest absolute Gasteiger partial charge is 0.435 e. The van der Waals surface area contributed by atoms with E-state index >= 15 is 0 Å². The van der Waals surface area contributed by atoms with E-state index in [1.54, 1.807) is 18.2 Å². The molecule has 2 N–H and O–H groups in total. The van der Waals surface area contributed by atoms with Crippen molar-refractivity contribution in [3.63, 3.8) is 0 Å². The number of hydrogen-bond donors (Lipinski definition) is 2. The van der Waals surface area contributed by atoms with Gasteiger partial charge in [0.1, 0.15) is 0 Å². The van der Waals surface area contributed by atoms with Crippen molar-refractivity contribution in [3.05, 3.63) is 47.8 Å². The average Bonchev–Trinajstić information content (AvgIpc) is 2.95. The smallest absolute Gasteiger partial charge is 0.352 e. The number of carbonyl (C=O) groups is 1. The summed E-state index contributed by atoms with van der Waals surface area (Å²) >= 11 is 0. The second-order valence-electron chi connectivity index (χ2n) is 5.43. The molecule has 24 heavy (non-hydrogen) atoms. The normalized spacial score (nSPS) is 14.6. The fourth-order valence-corrected chi connectivity index (χ4v) is 2.24. The molecule has 1 aromatic carbocycles. The number of halogens is 4. The minimum Gasteiger partial charge on any atom is -0.352 e. The van der Waals surface area contributed by atoms with E-state index in [2.05, 4.69) is 15.7 Å². The molecule has 2 aromatic rings. The van der Waals surface area contributed by atoms with E-state index in [4.69, 9.17) is 0 Å². The second-order valence-corrected chi connectivity index (χ2v) is 5.43. The molecule has 1 aliphatic heterocycles. The number of aromatic nitrogens is 2. The van der Waals surface area contributed by atoms with Gasteiger partial charge in [0.15, 0.2) is 5.69 Å². The topological polar surface area (TPSA) is 59.0 Å². The molecule has 1 fully saturated rings. The van der Waals surface area contributed by atoms with Crippen molar-refractivity contribution in [3.8, 4) is 5.69 Å². The average molecular weight is 361 g/mol. The molecular weight excluding hydrogens is 345 g/mol. The highest BCUT2D eigenvalue weighted by atomic mass is 35.5. The summed E-state index contributed by atoms with van der Waals surface area (Å²) in [5.41, 5.74) is -0.179. The van der Waals surface area contributed by atoms with Crippen molar-refractivity contribution < 1.29 is 18.0 Å². The van der Waals surface area contributed by atoms with E-state index in [0.717, 1.165) is 23.8 Å². The van der Waals surface area contributed by atoms with Crippen LogP contribution in [-0.2, 0) is 6.18 Å². The van der Waals surface area contributed by atoms with Crippen LogP contribution in [0.15, 0.2) is 36.5 Å². The maximum atomic E-state index is 12.6. The molecule has 1 saturated heterocycles. The van der Waals surface area contributed by atoms with Crippen LogP contribution in [0.25, 0.3) is 5.69 Å². The van der Waals surface area contributed by atoms with E-state index in [0.29, 0.717) is 23.7 Å². The third-order valence-electron chi connectivity index (χ3n) is 3.67. The van der Waals surface area contributed by atoms with Crippen molar-refractivity contribution in [2.45, 2.75) is 6.18 Å². The lowest BCUT2D eigenvalue weighted by Gasteiger charge is -2.27. The lowest BCUT2D eigenvalue weighted by molar-refractivity contribution is -0.141. The van der Waals surface area contributed by atoms with E-state index < -0.39 is 11.9 Å². The van der Waals surface area contributed by atoms with Gasteiger partial charge in [-0.3, -0.25) is 4.79 Å². The third kappa shape index (κ3) is 4.07. The SMILES string of the molecule is Cl.O=C(NCC1CNC1)c1cccc(-n2ccc(C(F)(F)F)n2)c1. The number of carbonyl (C=O) groups excluding carboxylic acids is 1. The van der Waals surface area contributed by atoms with Crippen LogP contribution in [0.5, 0.6) is 0 Å². The van der Waals surface area contributed by atoms with Gasteiger partial charge in [-0.1, -0.05) is 6.07 Å². The lowest BCUT2D eigenvalue weighted by atomic mass is 10.0. The van der Waals surface area contributed by atoms with Gasteiger partial charge in [-0.15, -0.1) is 12.4 Å². The number of alkyl halides is 3. The molecule has 130 valence electrons. The highest BCUT2D eigenvalue weighted by molar-refractivity contribution is 5.94. The minimum absolute atomic E-state index is 0. The fourth-order valence-electron chi connectivity index (χ4n) is 2.24. The summed E-state index contributed by atoms with van der Waals surface area (Å²) in [7, 11) is 0. The van der Waals surface area contributed by atoms with E-state index in [1.165, 1.54) is 12.3 Å². The standard InChI is InChI=1S/C15H15F3N4O.ClH/c16-15(17,18)13-4-5-22(21-13)12-3-1-2-11(6-12)14(23)20-9-10-7-19-8-10;/h1-6,10,19H,7-9H2,(H,20,23);1H. The quantitative estimate of drug-likeness (QED) is 0.879. The van der Waals surface area contributed by atoms with Crippen LogP contribution in [-0.4, -0.2) is 35.3 Å². The van der Waals surface area contributed by atoms with Gasteiger partial charge < -0.3 is 10.6 Å². The predicted molar refractivity (Wildman–Crippen MR) is 84.5 cm³/mol. The first-order valence-corrected chi connectivity index (χ1v) is 7.16. The maximum absolute atomic E-state index is 12.6. The van der Waals surface area contributed by atoms with Gasteiger partial charge in [0.05, 0.1) is 5.69 Å². The van der Waals surface area contributed by atoms with Gasteiger partial charge in [0, 0.05) is 37.3 Å². The Morgan fingerprint density at radius 2 is 2.08 bits per heavy atom. The molecular formula is C15H16ClF3N4O. The summed E-state index contributed by atoms with van der Waals surface area (Å²) in [6.07, 6.45) is -3.27. The molecule has 2 heterocycles. The zero-order valence-corrected chi connectivity index (χ0v) is 13.3. The molecule has 0 spiro atoms. The molecule has 0 unspecified atom stereocenters. The second kappa shape index (κ2) is 7.23. The first kappa shape index (κ1) is 18.3. The number of rotatable bonds is 4. The Bertz CT molecular complexity index is 713. The first-order chi connectivity index (χ1) is 10.9. The molecule has 5 nitrogen and oxygen atoms in total. The maximum Gasteiger partial charge on any atom is 0.435 e. The molecule has 0 aliphatic carbocycles. The van der Waals surface area contributed by atoms with Crippen LogP contribution in [0, 0.1) is 5.92 Å². The number of amides is 1. The van der Waals surface area contributed by atoms with Crippen molar-refractivity contribution in [1.29, 1.82) is 0 Å². The Labute approximate surface area is 142 Å². The zero-order valence-electron chi connectivity index (χ0n) is 12.5. The van der Waals surface area contributed by atoms with Gasteiger partial charge in [-0.05, 0) is 24.3 Å². The van der Waals surface area contributed by atoms with E-state index in [9.17, 15) is 18.0 Å². The molecule has 0 saturated carbocycles. The number of hydrogen-bond acceptors (Lipinski definition) is 3. The van der Waals surface area contributed by atoms with Crippen molar-refractivity contribution in [1.82, 2.24) is 20.4 Å². The van der Waals surface area contributed by atoms with Crippen LogP contribution in [0.3, 0.4) is 0 Å². The zero-order chi connectivity index (χ0) is 16.4. The highest BCUT2D eigenvalue weighted by Gasteiger charge is 2.33. The van der Waals surface area contributed by atoms with Crippen LogP contribution in [0.2, 0.25) is 0 Å². The summed E-state index contributed by atoms with van der Waals surface area (Å²) in [4.78, 5) is 12.1. The van der Waals surface area contributed by atoms with Gasteiger partial charge in [-0.2, -0.15) is 18.3 Å². The number of benzene rings is 1. The Kier molecular flexibility index (Phi) is 5.51. The molecule has 1 aliphatic rings. The summed E-state index contributed by atoms with van der Waals surface area (Å²) in [6, 6.07) is 7.24. The van der Waals surface area contributed by atoms with Crippen molar-refractivity contribution in [2.24, 2.45) is 5.92 Å². The van der Waals surface area contributed by atoms with Crippen LogP contribution < -0.4 is 10.6 Å². The Balaban J connectivity index is 0.00000208. The molecule has 1 aromatic heterocycles. The number of nitrogens with zero attached hydrogens (tertiary/aromatic N) is 2. The molecule has 3 rings (SSSR count).